The van der Waals surface area contributed by atoms with Gasteiger partial charge in [0.1, 0.15) is 4.90 Å². The van der Waals surface area contributed by atoms with Crippen LogP contribution in [0, 0.1) is 5.92 Å². The lowest BCUT2D eigenvalue weighted by atomic mass is 9.96. The Morgan fingerprint density at radius 2 is 1.94 bits per heavy atom. The third-order valence-electron chi connectivity index (χ3n) is 6.30. The molecule has 2 aliphatic rings. The molecule has 0 radical (unpaired) electrons. The van der Waals surface area contributed by atoms with Crippen LogP contribution >= 0.6 is 11.3 Å². The summed E-state index contributed by atoms with van der Waals surface area (Å²) in [6.45, 7) is 1.07. The van der Waals surface area contributed by atoms with E-state index in [0.717, 1.165) is 35.0 Å². The van der Waals surface area contributed by atoms with Crippen molar-refractivity contribution in [2.75, 3.05) is 18.4 Å². The number of carbonyl (C=O) groups is 1. The van der Waals surface area contributed by atoms with E-state index in [1.165, 1.54) is 11.3 Å². The first kappa shape index (κ1) is 21.1. The number of sulfonamides is 1. The highest BCUT2D eigenvalue weighted by Crippen LogP contribution is 2.32. The van der Waals surface area contributed by atoms with E-state index in [1.54, 1.807) is 24.3 Å². The highest BCUT2D eigenvalue weighted by molar-refractivity contribution is 7.90. The normalized spacial score (nSPS) is 19.1. The van der Waals surface area contributed by atoms with Crippen LogP contribution in [0.2, 0.25) is 0 Å². The van der Waals surface area contributed by atoms with Crippen molar-refractivity contribution in [3.8, 4) is 11.3 Å². The third-order valence-corrected chi connectivity index (χ3v) is 8.39. The van der Waals surface area contributed by atoms with Crippen molar-refractivity contribution in [3.05, 3.63) is 65.7 Å². The Morgan fingerprint density at radius 3 is 2.85 bits per heavy atom. The maximum Gasteiger partial charge on any atom is 0.285 e. The Labute approximate surface area is 200 Å². The standard InChI is InChI=1S/C24H21N5O3S2/c30-23(27-24-26-20(14-33-24)18-12-25-19-9-3-1-7-16(18)19)15-6-5-11-29(13-15)22-17-8-2-4-10-21(17)34(31,32)28-22/h1-4,7-10,12,14-15,25H,5-6,11,13H2,(H,26,27,30)/t15-/m1/s1. The molecular formula is C24H21N5O3S2. The molecule has 2 N–H and O–H groups in total. The summed E-state index contributed by atoms with van der Waals surface area (Å²) in [5, 5.41) is 6.53. The largest absolute Gasteiger partial charge is 0.360 e. The number of para-hydroxylation sites is 1. The van der Waals surface area contributed by atoms with Crippen molar-refractivity contribution >= 4 is 49.1 Å². The number of amides is 1. The van der Waals surface area contributed by atoms with Crippen molar-refractivity contribution in [1.29, 1.82) is 0 Å². The Bertz CT molecular complexity index is 1550. The summed E-state index contributed by atoms with van der Waals surface area (Å²) in [4.78, 5) is 23.1. The number of H-pyrrole nitrogens is 1. The lowest BCUT2D eigenvalue weighted by Gasteiger charge is -2.33. The zero-order valence-electron chi connectivity index (χ0n) is 18.1. The number of fused-ring (bicyclic) bond motifs is 2. The number of hydrogen-bond acceptors (Lipinski definition) is 6. The van der Waals surface area contributed by atoms with Gasteiger partial charge < -0.3 is 15.2 Å². The number of aromatic nitrogens is 2. The molecule has 0 bridgehead atoms. The number of benzene rings is 2. The summed E-state index contributed by atoms with van der Waals surface area (Å²) in [5.74, 6) is 0.0376. The minimum atomic E-state index is -3.69. The van der Waals surface area contributed by atoms with E-state index in [4.69, 9.17) is 0 Å². The average Bonchev–Trinajstić information content (AvgIpc) is 3.55. The lowest BCUT2D eigenvalue weighted by molar-refractivity contribution is -0.121. The van der Waals surface area contributed by atoms with Crippen LogP contribution in [0.25, 0.3) is 22.2 Å². The van der Waals surface area contributed by atoms with Gasteiger partial charge in [0.2, 0.25) is 5.91 Å². The quantitative estimate of drug-likeness (QED) is 0.449. The molecule has 4 heterocycles. The van der Waals surface area contributed by atoms with Crippen LogP contribution in [-0.4, -0.2) is 48.1 Å². The molecule has 1 saturated heterocycles. The van der Waals surface area contributed by atoms with Crippen LogP contribution in [0.3, 0.4) is 0 Å². The van der Waals surface area contributed by atoms with Gasteiger partial charge in [0.15, 0.2) is 11.0 Å². The van der Waals surface area contributed by atoms with Gasteiger partial charge in [-0.25, -0.2) is 4.98 Å². The number of nitrogens with zero attached hydrogens (tertiary/aromatic N) is 3. The Morgan fingerprint density at radius 1 is 1.12 bits per heavy atom. The number of nitrogens with one attached hydrogen (secondary N) is 2. The SMILES string of the molecule is O=C(Nc1nc(-c2c[nH]c3ccccc23)cs1)[C@@H]1CCCN(C2=NS(=O)(=O)c3ccccc32)C1. The molecule has 2 aromatic carbocycles. The second-order valence-electron chi connectivity index (χ2n) is 8.45. The van der Waals surface area contributed by atoms with E-state index >= 15 is 0 Å². The van der Waals surface area contributed by atoms with E-state index in [-0.39, 0.29) is 16.7 Å². The Hall–Kier alpha value is -3.50. The van der Waals surface area contributed by atoms with Gasteiger partial charge in [0.25, 0.3) is 10.0 Å². The smallest absolute Gasteiger partial charge is 0.285 e. The van der Waals surface area contributed by atoms with Crippen LogP contribution in [0.15, 0.2) is 69.4 Å². The van der Waals surface area contributed by atoms with Crippen LogP contribution in [0.5, 0.6) is 0 Å². The first-order valence-corrected chi connectivity index (χ1v) is 13.3. The summed E-state index contributed by atoms with van der Waals surface area (Å²) in [6.07, 6.45) is 3.43. The number of hydrogen-bond donors (Lipinski definition) is 2. The molecule has 1 atom stereocenters. The zero-order chi connectivity index (χ0) is 23.3. The summed E-state index contributed by atoms with van der Waals surface area (Å²) < 4.78 is 28.9. The molecule has 0 unspecified atom stereocenters. The predicted molar refractivity (Wildman–Crippen MR) is 132 cm³/mol. The van der Waals surface area contributed by atoms with E-state index < -0.39 is 10.0 Å². The molecule has 2 aliphatic heterocycles. The first-order chi connectivity index (χ1) is 16.5. The number of piperidine rings is 1. The number of anilines is 1. The molecule has 0 aliphatic carbocycles. The topological polar surface area (TPSA) is 108 Å². The molecule has 0 spiro atoms. The molecule has 1 amide bonds. The van der Waals surface area contributed by atoms with Crippen LogP contribution in [0.1, 0.15) is 18.4 Å². The van der Waals surface area contributed by atoms with E-state index in [2.05, 4.69) is 19.7 Å². The highest BCUT2D eigenvalue weighted by atomic mass is 32.2. The average molecular weight is 492 g/mol. The summed E-state index contributed by atoms with van der Waals surface area (Å²) in [6, 6.07) is 14.9. The van der Waals surface area contributed by atoms with Gasteiger partial charge in [-0.05, 0) is 31.0 Å². The third kappa shape index (κ3) is 3.59. The number of likely N-dealkylation sites (tertiary alicyclic amines) is 1. The number of aromatic amines is 1. The van der Waals surface area contributed by atoms with Crippen molar-refractivity contribution < 1.29 is 13.2 Å². The molecule has 172 valence electrons. The fourth-order valence-electron chi connectivity index (χ4n) is 4.65. The minimum Gasteiger partial charge on any atom is -0.360 e. The van der Waals surface area contributed by atoms with Gasteiger partial charge in [0.05, 0.1) is 11.6 Å². The molecule has 0 saturated carbocycles. The fraction of sp³-hybridized carbons (Fsp3) is 0.208. The summed E-state index contributed by atoms with van der Waals surface area (Å²) in [5.41, 5.74) is 3.45. The van der Waals surface area contributed by atoms with Crippen molar-refractivity contribution in [3.63, 3.8) is 0 Å². The van der Waals surface area contributed by atoms with Gasteiger partial charge in [-0.2, -0.15) is 8.42 Å². The lowest BCUT2D eigenvalue weighted by Crippen LogP contribution is -2.43. The first-order valence-electron chi connectivity index (χ1n) is 11.0. The molecule has 4 aromatic rings. The van der Waals surface area contributed by atoms with E-state index in [0.29, 0.717) is 29.6 Å². The van der Waals surface area contributed by atoms with Crippen LogP contribution in [-0.2, 0) is 14.8 Å². The monoisotopic (exact) mass is 491 g/mol. The van der Waals surface area contributed by atoms with E-state index in [1.807, 2.05) is 40.7 Å². The highest BCUT2D eigenvalue weighted by Gasteiger charge is 2.35. The fourth-order valence-corrected chi connectivity index (χ4v) is 6.59. The maximum atomic E-state index is 13.1. The summed E-state index contributed by atoms with van der Waals surface area (Å²) >= 11 is 1.39. The zero-order valence-corrected chi connectivity index (χ0v) is 19.7. The van der Waals surface area contributed by atoms with Gasteiger partial charge in [-0.3, -0.25) is 4.79 Å². The Balaban J connectivity index is 1.18. The van der Waals surface area contributed by atoms with Crippen LogP contribution < -0.4 is 5.32 Å². The second kappa shape index (κ2) is 8.07. The Kier molecular flexibility index (Phi) is 5.00. The summed E-state index contributed by atoms with van der Waals surface area (Å²) in [7, 11) is -3.69. The molecule has 34 heavy (non-hydrogen) atoms. The predicted octanol–water partition coefficient (Wildman–Crippen LogP) is 4.09. The maximum absolute atomic E-state index is 13.1. The molecule has 8 nitrogen and oxygen atoms in total. The number of rotatable bonds is 3. The molecular weight excluding hydrogens is 470 g/mol. The van der Waals surface area contributed by atoms with Gasteiger partial charge in [0, 0.05) is 46.7 Å². The number of thiazole rings is 1. The van der Waals surface area contributed by atoms with Crippen LogP contribution in [0.4, 0.5) is 5.13 Å². The van der Waals surface area contributed by atoms with Crippen molar-refractivity contribution in [2.24, 2.45) is 10.3 Å². The van der Waals surface area contributed by atoms with Crippen molar-refractivity contribution in [1.82, 2.24) is 14.9 Å². The minimum absolute atomic E-state index is 0.112. The van der Waals surface area contributed by atoms with Gasteiger partial charge in [-0.15, -0.1) is 15.7 Å². The van der Waals surface area contributed by atoms with Crippen molar-refractivity contribution in [2.45, 2.75) is 17.7 Å². The van der Waals surface area contributed by atoms with E-state index in [9.17, 15) is 13.2 Å². The molecule has 2 aromatic heterocycles. The molecule has 10 heteroatoms. The van der Waals surface area contributed by atoms with Gasteiger partial charge in [-0.1, -0.05) is 30.3 Å². The second-order valence-corrected chi connectivity index (χ2v) is 10.9. The molecule has 6 rings (SSSR count). The number of carbonyl (C=O) groups excluding carboxylic acids is 1. The molecule has 1 fully saturated rings. The number of amidine groups is 1. The van der Waals surface area contributed by atoms with Gasteiger partial charge >= 0.3 is 0 Å².